The molecule has 1 aromatic heterocycles. The number of nitrogens with zero attached hydrogens (tertiary/aromatic N) is 1. The topological polar surface area (TPSA) is 122 Å². The van der Waals surface area contributed by atoms with Gasteiger partial charge in [-0.15, -0.1) is 0 Å². The summed E-state index contributed by atoms with van der Waals surface area (Å²) in [5, 5.41) is 2.69. The molecule has 0 bridgehead atoms. The standard InChI is InChI=1S/C27H36N2O8/c1-16(2)22(27(32)36-18(5)24(17(3)4)37-20-11-9-8-10-12-20)29-26(31)23-25(35-15-34-19(6)30)21(33-7)13-14-28-23/h8-14,16-18,22,24H,15H2,1-7H3,(H,29,31)/t18-,22-,24+/m0/s1. The minimum atomic E-state index is -0.978. The second-order valence-electron chi connectivity index (χ2n) is 9.07. The predicted molar refractivity (Wildman–Crippen MR) is 135 cm³/mol. The van der Waals surface area contributed by atoms with Gasteiger partial charge in [0.05, 0.1) is 7.11 Å². The van der Waals surface area contributed by atoms with Crippen molar-refractivity contribution in [1.82, 2.24) is 10.3 Å². The number of ether oxygens (including phenoxy) is 5. The van der Waals surface area contributed by atoms with Crippen molar-refractivity contribution in [3.05, 3.63) is 48.3 Å². The number of aromatic nitrogens is 1. The van der Waals surface area contributed by atoms with Gasteiger partial charge in [0.1, 0.15) is 24.0 Å². The van der Waals surface area contributed by atoms with E-state index in [9.17, 15) is 14.4 Å². The molecule has 10 nitrogen and oxygen atoms in total. The Balaban J connectivity index is 2.18. The van der Waals surface area contributed by atoms with E-state index in [4.69, 9.17) is 23.7 Å². The van der Waals surface area contributed by atoms with Crippen molar-refractivity contribution in [3.8, 4) is 17.2 Å². The van der Waals surface area contributed by atoms with Gasteiger partial charge in [-0.05, 0) is 30.9 Å². The van der Waals surface area contributed by atoms with Gasteiger partial charge in [0.2, 0.25) is 6.79 Å². The van der Waals surface area contributed by atoms with E-state index < -0.39 is 42.9 Å². The summed E-state index contributed by atoms with van der Waals surface area (Å²) < 4.78 is 27.3. The summed E-state index contributed by atoms with van der Waals surface area (Å²) in [6.07, 6.45) is 0.366. The van der Waals surface area contributed by atoms with Crippen LogP contribution in [0.3, 0.4) is 0 Å². The molecule has 37 heavy (non-hydrogen) atoms. The highest BCUT2D eigenvalue weighted by atomic mass is 16.7. The number of benzene rings is 1. The Kier molecular flexibility index (Phi) is 11.2. The Morgan fingerprint density at radius 1 is 0.973 bits per heavy atom. The lowest BCUT2D eigenvalue weighted by atomic mass is 10.0. The summed E-state index contributed by atoms with van der Waals surface area (Å²) in [6, 6.07) is 9.81. The van der Waals surface area contributed by atoms with Crippen molar-refractivity contribution in [2.45, 2.75) is 59.8 Å². The number of pyridine rings is 1. The third-order valence-corrected chi connectivity index (χ3v) is 5.41. The average molecular weight is 517 g/mol. The molecular formula is C27H36N2O8. The van der Waals surface area contributed by atoms with Crippen LogP contribution in [0, 0.1) is 11.8 Å². The minimum Gasteiger partial charge on any atom is -0.493 e. The molecule has 0 aliphatic carbocycles. The Morgan fingerprint density at radius 3 is 2.22 bits per heavy atom. The quantitative estimate of drug-likeness (QED) is 0.313. The normalized spacial score (nSPS) is 13.3. The molecule has 0 aliphatic heterocycles. The molecule has 1 aromatic carbocycles. The number of nitrogens with one attached hydrogen (secondary N) is 1. The molecule has 0 aliphatic rings. The Morgan fingerprint density at radius 2 is 1.65 bits per heavy atom. The van der Waals surface area contributed by atoms with Crippen LogP contribution >= 0.6 is 0 Å². The van der Waals surface area contributed by atoms with E-state index >= 15 is 0 Å². The van der Waals surface area contributed by atoms with Crippen molar-refractivity contribution >= 4 is 17.8 Å². The summed E-state index contributed by atoms with van der Waals surface area (Å²) in [4.78, 5) is 41.5. The lowest BCUT2D eigenvalue weighted by molar-refractivity contribution is -0.157. The van der Waals surface area contributed by atoms with E-state index in [0.29, 0.717) is 5.75 Å². The van der Waals surface area contributed by atoms with Gasteiger partial charge in [-0.25, -0.2) is 9.78 Å². The molecule has 0 saturated heterocycles. The van der Waals surface area contributed by atoms with E-state index in [0.717, 1.165) is 0 Å². The number of hydrogen-bond acceptors (Lipinski definition) is 9. The fourth-order valence-corrected chi connectivity index (χ4v) is 3.52. The average Bonchev–Trinajstić information content (AvgIpc) is 2.85. The molecule has 3 atom stereocenters. The van der Waals surface area contributed by atoms with Crippen LogP contribution in [-0.4, -0.2) is 55.0 Å². The van der Waals surface area contributed by atoms with Gasteiger partial charge in [-0.3, -0.25) is 9.59 Å². The molecule has 0 unspecified atom stereocenters. The molecule has 202 valence electrons. The third kappa shape index (κ3) is 8.66. The third-order valence-electron chi connectivity index (χ3n) is 5.41. The van der Waals surface area contributed by atoms with Gasteiger partial charge < -0.3 is 29.0 Å². The summed E-state index contributed by atoms with van der Waals surface area (Å²) in [6.45, 7) is 10.1. The monoisotopic (exact) mass is 516 g/mol. The van der Waals surface area contributed by atoms with E-state index in [1.807, 2.05) is 44.2 Å². The largest absolute Gasteiger partial charge is 0.493 e. The van der Waals surface area contributed by atoms with Crippen molar-refractivity contribution in [2.75, 3.05) is 13.9 Å². The van der Waals surface area contributed by atoms with E-state index in [2.05, 4.69) is 10.3 Å². The molecule has 1 amide bonds. The summed E-state index contributed by atoms with van der Waals surface area (Å²) in [5.41, 5.74) is -0.134. The first-order chi connectivity index (χ1) is 17.5. The minimum absolute atomic E-state index is 0.0240. The molecule has 2 rings (SSSR count). The zero-order valence-corrected chi connectivity index (χ0v) is 22.3. The number of carbonyl (C=O) groups is 3. The van der Waals surface area contributed by atoms with Crippen LogP contribution in [0.25, 0.3) is 0 Å². The molecule has 2 aromatic rings. The number of rotatable bonds is 13. The maximum atomic E-state index is 13.2. The Bertz CT molecular complexity index is 1040. The SMILES string of the molecule is COc1ccnc(C(=O)N[C@H](C(=O)O[C@@H](C)[C@H](Oc2ccccc2)C(C)C)C(C)C)c1OCOC(C)=O. The highest BCUT2D eigenvalue weighted by molar-refractivity contribution is 5.98. The van der Waals surface area contributed by atoms with Crippen LogP contribution in [0.2, 0.25) is 0 Å². The first kappa shape index (κ1) is 29.4. The number of amides is 1. The lowest BCUT2D eigenvalue weighted by Crippen LogP contribution is -2.48. The number of esters is 2. The highest BCUT2D eigenvalue weighted by Gasteiger charge is 2.33. The molecular weight excluding hydrogens is 480 g/mol. The predicted octanol–water partition coefficient (Wildman–Crippen LogP) is 3.78. The number of hydrogen-bond donors (Lipinski definition) is 1. The Hall–Kier alpha value is -3.82. The zero-order chi connectivity index (χ0) is 27.5. The second kappa shape index (κ2) is 14.1. The molecule has 0 spiro atoms. The van der Waals surface area contributed by atoms with E-state index in [1.54, 1.807) is 20.8 Å². The van der Waals surface area contributed by atoms with Crippen LogP contribution < -0.4 is 19.5 Å². The highest BCUT2D eigenvalue weighted by Crippen LogP contribution is 2.30. The maximum absolute atomic E-state index is 13.2. The van der Waals surface area contributed by atoms with Crippen molar-refractivity contribution in [3.63, 3.8) is 0 Å². The van der Waals surface area contributed by atoms with Gasteiger partial charge in [0.25, 0.3) is 5.91 Å². The van der Waals surface area contributed by atoms with Gasteiger partial charge >= 0.3 is 11.9 Å². The van der Waals surface area contributed by atoms with Gasteiger partial charge in [-0.1, -0.05) is 45.9 Å². The van der Waals surface area contributed by atoms with Crippen molar-refractivity contribution < 1.29 is 38.1 Å². The smallest absolute Gasteiger partial charge is 0.329 e. The molecule has 0 saturated carbocycles. The summed E-state index contributed by atoms with van der Waals surface area (Å²) in [5.74, 6) is -1.24. The molecule has 1 N–H and O–H groups in total. The molecule has 10 heteroatoms. The summed E-state index contributed by atoms with van der Waals surface area (Å²) in [7, 11) is 1.40. The number of carbonyl (C=O) groups excluding carboxylic acids is 3. The van der Waals surface area contributed by atoms with Crippen LogP contribution in [-0.2, 0) is 19.1 Å². The second-order valence-corrected chi connectivity index (χ2v) is 9.07. The van der Waals surface area contributed by atoms with Crippen molar-refractivity contribution in [1.29, 1.82) is 0 Å². The molecule has 0 radical (unpaired) electrons. The van der Waals surface area contributed by atoms with Gasteiger partial charge in [0.15, 0.2) is 17.2 Å². The lowest BCUT2D eigenvalue weighted by Gasteiger charge is -2.30. The Labute approximate surface area is 217 Å². The van der Waals surface area contributed by atoms with Gasteiger partial charge in [0, 0.05) is 19.2 Å². The fourth-order valence-electron chi connectivity index (χ4n) is 3.52. The molecule has 1 heterocycles. The van der Waals surface area contributed by atoms with Crippen LogP contribution in [0.15, 0.2) is 42.6 Å². The fraction of sp³-hybridized carbons (Fsp3) is 0.481. The number of methoxy groups -OCH3 is 1. The molecule has 0 fully saturated rings. The number of para-hydroxylation sites is 1. The maximum Gasteiger partial charge on any atom is 0.329 e. The van der Waals surface area contributed by atoms with Crippen LogP contribution in [0.5, 0.6) is 17.2 Å². The summed E-state index contributed by atoms with van der Waals surface area (Å²) >= 11 is 0. The first-order valence-electron chi connectivity index (χ1n) is 12.1. The van der Waals surface area contributed by atoms with E-state index in [1.165, 1.54) is 26.3 Å². The zero-order valence-electron chi connectivity index (χ0n) is 22.3. The van der Waals surface area contributed by atoms with E-state index in [-0.39, 0.29) is 29.0 Å². The first-order valence-corrected chi connectivity index (χ1v) is 12.1. The van der Waals surface area contributed by atoms with Crippen molar-refractivity contribution in [2.24, 2.45) is 11.8 Å². The van der Waals surface area contributed by atoms with Gasteiger partial charge in [-0.2, -0.15) is 0 Å². The van der Waals surface area contributed by atoms with Crippen LogP contribution in [0.4, 0.5) is 0 Å². The van der Waals surface area contributed by atoms with Crippen LogP contribution in [0.1, 0.15) is 52.0 Å².